The lowest BCUT2D eigenvalue weighted by Crippen LogP contribution is -2.21. The van der Waals surface area contributed by atoms with E-state index in [0.29, 0.717) is 19.3 Å². The van der Waals surface area contributed by atoms with Crippen molar-refractivity contribution in [1.29, 1.82) is 0 Å². The van der Waals surface area contributed by atoms with E-state index in [2.05, 4.69) is 24.3 Å². The van der Waals surface area contributed by atoms with E-state index in [9.17, 15) is 9.59 Å². The molecule has 0 spiro atoms. The highest BCUT2D eigenvalue weighted by molar-refractivity contribution is 5.95. The van der Waals surface area contributed by atoms with Crippen LogP contribution in [0, 0.1) is 11.8 Å². The molecular weight excluding hydrogens is 294 g/mol. The molecule has 0 saturated heterocycles. The molecule has 1 aromatic heterocycles. The fourth-order valence-electron chi connectivity index (χ4n) is 3.22. The van der Waals surface area contributed by atoms with Crippen molar-refractivity contribution in [2.75, 3.05) is 5.32 Å². The normalized spacial score (nSPS) is 21.0. The van der Waals surface area contributed by atoms with Crippen molar-refractivity contribution in [3.63, 3.8) is 0 Å². The van der Waals surface area contributed by atoms with Gasteiger partial charge < -0.3 is 10.4 Å². The summed E-state index contributed by atoms with van der Waals surface area (Å²) in [6.45, 7) is 4.12. The Labute approximate surface area is 134 Å². The van der Waals surface area contributed by atoms with E-state index in [4.69, 9.17) is 5.11 Å². The highest BCUT2D eigenvalue weighted by Crippen LogP contribution is 2.32. The van der Waals surface area contributed by atoms with E-state index in [1.54, 1.807) is 0 Å². The summed E-state index contributed by atoms with van der Waals surface area (Å²) in [4.78, 5) is 23.4. The molecule has 0 aliphatic heterocycles. The number of aromatic nitrogens is 2. The average Bonchev–Trinajstić information content (AvgIpc) is 3.13. The second-order valence-electron chi connectivity index (χ2n) is 6.49. The van der Waals surface area contributed by atoms with Gasteiger partial charge in [-0.15, -0.1) is 0 Å². The standard InChI is InChI=1S/C17H21N3O3/c1-10(2)20-15-8-14(6-5-13(15)9-18-20)19-16(21)11-3-4-12(7-11)17(22)23/h5-6,8-12H,3-4,7H2,1-2H3,(H,19,21)(H,22,23)/t11-,12+/m1/s1. The van der Waals surface area contributed by atoms with Gasteiger partial charge in [-0.1, -0.05) is 0 Å². The Hall–Kier alpha value is -2.37. The van der Waals surface area contributed by atoms with Crippen LogP contribution in [-0.4, -0.2) is 26.8 Å². The van der Waals surface area contributed by atoms with Crippen molar-refractivity contribution in [3.05, 3.63) is 24.4 Å². The van der Waals surface area contributed by atoms with Crippen LogP contribution < -0.4 is 5.32 Å². The summed E-state index contributed by atoms with van der Waals surface area (Å²) in [6.07, 6.45) is 3.45. The molecule has 0 bridgehead atoms. The summed E-state index contributed by atoms with van der Waals surface area (Å²) in [5.41, 5.74) is 1.70. The Morgan fingerprint density at radius 1 is 1.30 bits per heavy atom. The first kappa shape index (κ1) is 15.5. The minimum Gasteiger partial charge on any atom is -0.481 e. The average molecular weight is 315 g/mol. The second kappa shape index (κ2) is 6.02. The third kappa shape index (κ3) is 3.06. The molecule has 1 saturated carbocycles. The third-order valence-corrected chi connectivity index (χ3v) is 4.51. The lowest BCUT2D eigenvalue weighted by atomic mass is 10.0. The largest absolute Gasteiger partial charge is 0.481 e. The highest BCUT2D eigenvalue weighted by atomic mass is 16.4. The van der Waals surface area contributed by atoms with E-state index in [0.717, 1.165) is 16.6 Å². The Balaban J connectivity index is 1.75. The van der Waals surface area contributed by atoms with Gasteiger partial charge in [0.1, 0.15) is 0 Å². The van der Waals surface area contributed by atoms with Crippen LogP contribution in [0.15, 0.2) is 24.4 Å². The number of rotatable bonds is 4. The van der Waals surface area contributed by atoms with E-state index in [1.807, 2.05) is 29.1 Å². The number of nitrogens with zero attached hydrogens (tertiary/aromatic N) is 2. The maximum atomic E-state index is 12.3. The second-order valence-corrected chi connectivity index (χ2v) is 6.49. The minimum atomic E-state index is -0.803. The summed E-state index contributed by atoms with van der Waals surface area (Å²) in [6, 6.07) is 5.95. The van der Waals surface area contributed by atoms with Gasteiger partial charge in [0.25, 0.3) is 0 Å². The summed E-state index contributed by atoms with van der Waals surface area (Å²) >= 11 is 0. The molecule has 1 aromatic carbocycles. The predicted octanol–water partition coefficient (Wildman–Crippen LogP) is 3.06. The van der Waals surface area contributed by atoms with Crippen molar-refractivity contribution in [2.45, 2.75) is 39.2 Å². The predicted molar refractivity (Wildman–Crippen MR) is 87.2 cm³/mol. The SMILES string of the molecule is CC(C)n1ncc2ccc(NC(=O)[C@@H]3CC[C@H](C(=O)O)C3)cc21. The van der Waals surface area contributed by atoms with Crippen LogP contribution in [0.25, 0.3) is 10.9 Å². The monoisotopic (exact) mass is 315 g/mol. The molecule has 2 N–H and O–H groups in total. The van der Waals surface area contributed by atoms with Crippen molar-refractivity contribution in [2.24, 2.45) is 11.8 Å². The number of nitrogens with one attached hydrogen (secondary N) is 1. The Bertz CT molecular complexity index is 751. The number of carbonyl (C=O) groups excluding carboxylic acids is 1. The van der Waals surface area contributed by atoms with Crippen molar-refractivity contribution >= 4 is 28.5 Å². The van der Waals surface area contributed by atoms with Crippen LogP contribution in [0.3, 0.4) is 0 Å². The first-order valence-corrected chi connectivity index (χ1v) is 7.96. The summed E-state index contributed by atoms with van der Waals surface area (Å²) < 4.78 is 1.92. The number of hydrogen-bond donors (Lipinski definition) is 2. The zero-order valence-corrected chi connectivity index (χ0v) is 13.3. The zero-order chi connectivity index (χ0) is 16.6. The number of aliphatic carboxylic acids is 1. The fraction of sp³-hybridized carbons (Fsp3) is 0.471. The maximum absolute atomic E-state index is 12.3. The highest BCUT2D eigenvalue weighted by Gasteiger charge is 2.33. The molecule has 3 rings (SSSR count). The number of carbonyl (C=O) groups is 2. The molecule has 1 fully saturated rings. The Morgan fingerprint density at radius 2 is 2.04 bits per heavy atom. The maximum Gasteiger partial charge on any atom is 0.306 e. The molecule has 2 atom stereocenters. The van der Waals surface area contributed by atoms with Crippen LogP contribution in [-0.2, 0) is 9.59 Å². The topological polar surface area (TPSA) is 84.2 Å². The van der Waals surface area contributed by atoms with Crippen molar-refractivity contribution in [1.82, 2.24) is 9.78 Å². The molecule has 2 aromatic rings. The van der Waals surface area contributed by atoms with E-state index in [1.165, 1.54) is 0 Å². The molecule has 6 heteroatoms. The van der Waals surface area contributed by atoms with Gasteiger partial charge in [-0.2, -0.15) is 5.10 Å². The lowest BCUT2D eigenvalue weighted by molar-refractivity contribution is -0.141. The summed E-state index contributed by atoms with van der Waals surface area (Å²) in [5.74, 6) is -1.51. The third-order valence-electron chi connectivity index (χ3n) is 4.51. The van der Waals surface area contributed by atoms with Crippen LogP contribution in [0.4, 0.5) is 5.69 Å². The number of carboxylic acids is 1. The summed E-state index contributed by atoms with van der Waals surface area (Å²) in [7, 11) is 0. The van der Waals surface area contributed by atoms with Crippen molar-refractivity contribution in [3.8, 4) is 0 Å². The van der Waals surface area contributed by atoms with E-state index >= 15 is 0 Å². The number of anilines is 1. The van der Waals surface area contributed by atoms with Gasteiger partial charge in [-0.25, -0.2) is 0 Å². The van der Waals surface area contributed by atoms with Crippen LogP contribution in [0.2, 0.25) is 0 Å². The fourth-order valence-corrected chi connectivity index (χ4v) is 3.22. The van der Waals surface area contributed by atoms with Crippen LogP contribution in [0.5, 0.6) is 0 Å². The first-order valence-electron chi connectivity index (χ1n) is 7.96. The smallest absolute Gasteiger partial charge is 0.306 e. The summed E-state index contributed by atoms with van der Waals surface area (Å²) in [5, 5.41) is 17.3. The van der Waals surface area contributed by atoms with Gasteiger partial charge in [0, 0.05) is 23.0 Å². The number of fused-ring (bicyclic) bond motifs is 1. The van der Waals surface area contributed by atoms with Gasteiger partial charge >= 0.3 is 5.97 Å². The molecule has 6 nitrogen and oxygen atoms in total. The molecule has 122 valence electrons. The molecule has 1 heterocycles. The zero-order valence-electron chi connectivity index (χ0n) is 13.3. The molecule has 23 heavy (non-hydrogen) atoms. The quantitative estimate of drug-likeness (QED) is 0.908. The molecular formula is C17H21N3O3. The minimum absolute atomic E-state index is 0.0938. The molecule has 0 unspecified atom stereocenters. The number of hydrogen-bond acceptors (Lipinski definition) is 3. The van der Waals surface area contributed by atoms with Crippen LogP contribution >= 0.6 is 0 Å². The van der Waals surface area contributed by atoms with Crippen molar-refractivity contribution < 1.29 is 14.7 Å². The van der Waals surface area contributed by atoms with Gasteiger partial charge in [-0.05, 0) is 51.3 Å². The first-order chi connectivity index (χ1) is 11.0. The van der Waals surface area contributed by atoms with Crippen LogP contribution in [0.1, 0.15) is 39.2 Å². The lowest BCUT2D eigenvalue weighted by Gasteiger charge is -2.12. The van der Waals surface area contributed by atoms with Gasteiger partial charge in [0.2, 0.25) is 5.91 Å². The molecule has 1 aliphatic rings. The molecule has 1 aliphatic carbocycles. The number of carboxylic acid groups (broad SMARTS) is 1. The molecule has 1 amide bonds. The van der Waals surface area contributed by atoms with Gasteiger partial charge in [-0.3, -0.25) is 14.3 Å². The van der Waals surface area contributed by atoms with E-state index < -0.39 is 11.9 Å². The molecule has 0 radical (unpaired) electrons. The number of benzene rings is 1. The number of amides is 1. The Morgan fingerprint density at radius 3 is 2.70 bits per heavy atom. The van der Waals surface area contributed by atoms with E-state index in [-0.39, 0.29) is 17.9 Å². The van der Waals surface area contributed by atoms with Gasteiger partial charge in [0.05, 0.1) is 17.6 Å². The Kier molecular flexibility index (Phi) is 4.07. The van der Waals surface area contributed by atoms with Gasteiger partial charge in [0.15, 0.2) is 0 Å².